The zero-order chi connectivity index (χ0) is 17.9. The smallest absolute Gasteiger partial charge is 0.237 e. The standard InChI is InChI=1S/C18H18N4O2S2/c1-12-9-13-5-2-3-7-15(13)22(12)16(23)11-25-18-21-20-17(26-18)19-10-14-6-4-8-24-14/h2-8,12H,9-11H2,1H3,(H,19,20). The highest BCUT2D eigenvalue weighted by atomic mass is 32.2. The molecule has 26 heavy (non-hydrogen) atoms. The molecule has 0 fully saturated rings. The van der Waals surface area contributed by atoms with Crippen molar-refractivity contribution < 1.29 is 9.21 Å². The highest BCUT2D eigenvalue weighted by Gasteiger charge is 2.30. The van der Waals surface area contributed by atoms with Crippen molar-refractivity contribution >= 4 is 39.8 Å². The van der Waals surface area contributed by atoms with Crippen molar-refractivity contribution in [3.63, 3.8) is 0 Å². The number of rotatable bonds is 6. The zero-order valence-corrected chi connectivity index (χ0v) is 15.8. The second kappa shape index (κ2) is 7.51. The number of carbonyl (C=O) groups excluding carboxylic acids is 1. The molecule has 134 valence electrons. The predicted octanol–water partition coefficient (Wildman–Crippen LogP) is 3.81. The van der Waals surface area contributed by atoms with Gasteiger partial charge >= 0.3 is 0 Å². The van der Waals surface area contributed by atoms with E-state index in [4.69, 9.17) is 4.42 Å². The van der Waals surface area contributed by atoms with Crippen LogP contribution in [0.25, 0.3) is 0 Å². The average Bonchev–Trinajstić information content (AvgIpc) is 3.37. The van der Waals surface area contributed by atoms with E-state index in [1.807, 2.05) is 35.2 Å². The fraction of sp³-hybridized carbons (Fsp3) is 0.278. The molecular weight excluding hydrogens is 368 g/mol. The van der Waals surface area contributed by atoms with Crippen LogP contribution in [0.2, 0.25) is 0 Å². The minimum Gasteiger partial charge on any atom is -0.467 e. The Morgan fingerprint density at radius 3 is 3.08 bits per heavy atom. The summed E-state index contributed by atoms with van der Waals surface area (Å²) in [6, 6.07) is 12.1. The molecule has 1 aliphatic heterocycles. The van der Waals surface area contributed by atoms with Gasteiger partial charge in [-0.15, -0.1) is 10.2 Å². The molecule has 1 unspecified atom stereocenters. The summed E-state index contributed by atoms with van der Waals surface area (Å²) in [6.45, 7) is 2.65. The van der Waals surface area contributed by atoms with Crippen LogP contribution in [0.4, 0.5) is 10.8 Å². The summed E-state index contributed by atoms with van der Waals surface area (Å²) in [7, 11) is 0. The van der Waals surface area contributed by atoms with Gasteiger partial charge in [-0.25, -0.2) is 0 Å². The van der Waals surface area contributed by atoms with Crippen LogP contribution in [0.5, 0.6) is 0 Å². The lowest BCUT2D eigenvalue weighted by Crippen LogP contribution is -2.36. The molecule has 1 aromatic carbocycles. The van der Waals surface area contributed by atoms with Crippen LogP contribution in [0.3, 0.4) is 0 Å². The maximum Gasteiger partial charge on any atom is 0.237 e. The summed E-state index contributed by atoms with van der Waals surface area (Å²) in [6.07, 6.45) is 2.55. The highest BCUT2D eigenvalue weighted by Crippen LogP contribution is 2.33. The Labute approximate surface area is 159 Å². The molecule has 3 aromatic rings. The topological polar surface area (TPSA) is 71.3 Å². The molecule has 0 aliphatic carbocycles. The van der Waals surface area contributed by atoms with Gasteiger partial charge in [0.2, 0.25) is 11.0 Å². The van der Waals surface area contributed by atoms with Crippen molar-refractivity contribution in [2.24, 2.45) is 0 Å². The first kappa shape index (κ1) is 17.1. The number of furan rings is 1. The fourth-order valence-electron chi connectivity index (χ4n) is 3.05. The molecule has 1 atom stereocenters. The minimum absolute atomic E-state index is 0.104. The van der Waals surface area contributed by atoms with Crippen LogP contribution < -0.4 is 10.2 Å². The van der Waals surface area contributed by atoms with Crippen LogP contribution in [-0.4, -0.2) is 27.9 Å². The van der Waals surface area contributed by atoms with Crippen LogP contribution in [0.1, 0.15) is 18.2 Å². The Kier molecular flexibility index (Phi) is 4.94. The highest BCUT2D eigenvalue weighted by molar-refractivity contribution is 8.01. The molecule has 1 amide bonds. The summed E-state index contributed by atoms with van der Waals surface area (Å²) >= 11 is 2.87. The van der Waals surface area contributed by atoms with E-state index in [9.17, 15) is 4.79 Å². The number of aromatic nitrogens is 2. The van der Waals surface area contributed by atoms with E-state index in [0.29, 0.717) is 12.3 Å². The minimum atomic E-state index is 0.104. The Morgan fingerprint density at radius 2 is 2.23 bits per heavy atom. The first-order valence-corrected chi connectivity index (χ1v) is 10.1. The van der Waals surface area contributed by atoms with Crippen molar-refractivity contribution in [2.75, 3.05) is 16.0 Å². The van der Waals surface area contributed by atoms with Gasteiger partial charge in [0.1, 0.15) is 5.76 Å². The maximum absolute atomic E-state index is 12.7. The number of para-hydroxylation sites is 1. The van der Waals surface area contributed by atoms with E-state index in [1.54, 1.807) is 6.26 Å². The second-order valence-corrected chi connectivity index (χ2v) is 8.24. The number of benzene rings is 1. The second-order valence-electron chi connectivity index (χ2n) is 6.04. The molecule has 0 saturated heterocycles. The van der Waals surface area contributed by atoms with Crippen molar-refractivity contribution in [3.05, 3.63) is 54.0 Å². The van der Waals surface area contributed by atoms with Crippen LogP contribution >= 0.6 is 23.1 Å². The number of fused-ring (bicyclic) bond motifs is 1. The molecule has 3 heterocycles. The molecule has 8 heteroatoms. The summed E-state index contributed by atoms with van der Waals surface area (Å²) in [5, 5.41) is 12.1. The number of carbonyl (C=O) groups is 1. The average molecular weight is 387 g/mol. The molecule has 0 radical (unpaired) electrons. The predicted molar refractivity (Wildman–Crippen MR) is 104 cm³/mol. The number of hydrogen-bond acceptors (Lipinski definition) is 7. The number of nitrogens with one attached hydrogen (secondary N) is 1. The maximum atomic E-state index is 12.7. The van der Waals surface area contributed by atoms with Gasteiger partial charge in [-0.2, -0.15) is 0 Å². The number of nitrogens with zero attached hydrogens (tertiary/aromatic N) is 3. The lowest BCUT2D eigenvalue weighted by Gasteiger charge is -2.22. The van der Waals surface area contributed by atoms with Crippen LogP contribution in [-0.2, 0) is 17.8 Å². The third kappa shape index (κ3) is 3.61. The molecule has 0 bridgehead atoms. The quantitative estimate of drug-likeness (QED) is 0.650. The fourth-order valence-corrected chi connectivity index (χ4v) is 4.66. The van der Waals surface area contributed by atoms with E-state index < -0.39 is 0 Å². The normalized spacial score (nSPS) is 15.9. The van der Waals surface area contributed by atoms with Gasteiger partial charge in [0, 0.05) is 11.7 Å². The van der Waals surface area contributed by atoms with Gasteiger partial charge in [0.05, 0.1) is 18.6 Å². The molecule has 0 saturated carbocycles. The summed E-state index contributed by atoms with van der Waals surface area (Å²) in [4.78, 5) is 14.6. The third-order valence-corrected chi connectivity index (χ3v) is 6.19. The number of thioether (sulfide) groups is 1. The van der Waals surface area contributed by atoms with Gasteiger partial charge in [0.15, 0.2) is 4.34 Å². The van der Waals surface area contributed by atoms with Gasteiger partial charge < -0.3 is 14.6 Å². The van der Waals surface area contributed by atoms with Crippen LogP contribution in [0, 0.1) is 0 Å². The summed E-state index contributed by atoms with van der Waals surface area (Å²) < 4.78 is 6.05. The molecule has 6 nitrogen and oxygen atoms in total. The van der Waals surface area contributed by atoms with E-state index in [2.05, 4.69) is 28.5 Å². The number of hydrogen-bond donors (Lipinski definition) is 1. The molecular formula is C18H18N4O2S2. The molecule has 1 aliphatic rings. The first-order chi connectivity index (χ1) is 12.7. The monoisotopic (exact) mass is 386 g/mol. The largest absolute Gasteiger partial charge is 0.467 e. The Balaban J connectivity index is 1.33. The van der Waals surface area contributed by atoms with Crippen molar-refractivity contribution in [2.45, 2.75) is 30.3 Å². The van der Waals surface area contributed by atoms with Gasteiger partial charge in [-0.3, -0.25) is 4.79 Å². The molecule has 0 spiro atoms. The van der Waals surface area contributed by atoms with Crippen molar-refractivity contribution in [3.8, 4) is 0 Å². The van der Waals surface area contributed by atoms with Crippen molar-refractivity contribution in [1.29, 1.82) is 0 Å². The Hall–Kier alpha value is -2.32. The molecule has 2 aromatic heterocycles. The summed E-state index contributed by atoms with van der Waals surface area (Å²) in [5.41, 5.74) is 2.27. The van der Waals surface area contributed by atoms with Gasteiger partial charge in [-0.1, -0.05) is 41.3 Å². The third-order valence-electron chi connectivity index (χ3n) is 4.20. The van der Waals surface area contributed by atoms with Crippen LogP contribution in [0.15, 0.2) is 51.4 Å². The lowest BCUT2D eigenvalue weighted by molar-refractivity contribution is -0.116. The Morgan fingerprint density at radius 1 is 1.35 bits per heavy atom. The molecule has 4 rings (SSSR count). The van der Waals surface area contributed by atoms with E-state index >= 15 is 0 Å². The van der Waals surface area contributed by atoms with E-state index in [0.717, 1.165) is 27.3 Å². The zero-order valence-electron chi connectivity index (χ0n) is 14.2. The number of anilines is 2. The van der Waals surface area contributed by atoms with Crippen molar-refractivity contribution in [1.82, 2.24) is 10.2 Å². The van der Waals surface area contributed by atoms with E-state index in [1.165, 1.54) is 28.7 Å². The Bertz CT molecular complexity index is 894. The first-order valence-electron chi connectivity index (χ1n) is 8.33. The lowest BCUT2D eigenvalue weighted by atomic mass is 10.1. The number of amides is 1. The molecule has 1 N–H and O–H groups in total. The summed E-state index contributed by atoms with van der Waals surface area (Å²) in [5.74, 6) is 1.30. The van der Waals surface area contributed by atoms with E-state index in [-0.39, 0.29) is 11.9 Å². The SMILES string of the molecule is CC1Cc2ccccc2N1C(=O)CSc1nnc(NCc2ccco2)s1. The van der Waals surface area contributed by atoms with Gasteiger partial charge in [0.25, 0.3) is 0 Å². The van der Waals surface area contributed by atoms with Gasteiger partial charge in [-0.05, 0) is 37.1 Å².